The highest BCUT2D eigenvalue weighted by Gasteiger charge is 2.15. The molecule has 0 aliphatic carbocycles. The number of nitrogens with zero attached hydrogens (tertiary/aromatic N) is 1. The van der Waals surface area contributed by atoms with Crippen molar-refractivity contribution in [2.75, 3.05) is 12.3 Å². The molecule has 0 radical (unpaired) electrons. The molecule has 5 heteroatoms. The molecule has 0 saturated heterocycles. The van der Waals surface area contributed by atoms with Gasteiger partial charge in [-0.1, -0.05) is 6.07 Å². The molecule has 0 fully saturated rings. The quantitative estimate of drug-likeness (QED) is 0.803. The first kappa shape index (κ1) is 14.3. The second-order valence-corrected chi connectivity index (χ2v) is 5.12. The lowest BCUT2D eigenvalue weighted by Crippen LogP contribution is -2.33. The van der Waals surface area contributed by atoms with Crippen LogP contribution in [0.2, 0.25) is 0 Å². The molecule has 0 aliphatic heterocycles. The van der Waals surface area contributed by atoms with Crippen molar-refractivity contribution in [1.82, 2.24) is 10.3 Å². The van der Waals surface area contributed by atoms with Crippen LogP contribution in [0.15, 0.2) is 18.3 Å². The third-order valence-corrected chi connectivity index (χ3v) is 2.16. The summed E-state index contributed by atoms with van der Waals surface area (Å²) >= 11 is 0. The topological polar surface area (TPSA) is 77.2 Å². The summed E-state index contributed by atoms with van der Waals surface area (Å²) in [4.78, 5) is 15.4. The normalized spacial score (nSPS) is 11.1. The molecule has 0 unspecified atom stereocenters. The van der Waals surface area contributed by atoms with Crippen molar-refractivity contribution in [1.29, 1.82) is 0 Å². The largest absolute Gasteiger partial charge is 0.444 e. The Labute approximate surface area is 108 Å². The van der Waals surface area contributed by atoms with Gasteiger partial charge in [-0.15, -0.1) is 0 Å². The van der Waals surface area contributed by atoms with E-state index in [1.807, 2.05) is 26.8 Å². The number of nitrogen functional groups attached to an aromatic ring is 1. The maximum atomic E-state index is 11.4. The van der Waals surface area contributed by atoms with Gasteiger partial charge < -0.3 is 15.8 Å². The molecule has 18 heavy (non-hydrogen) atoms. The van der Waals surface area contributed by atoms with Crippen LogP contribution in [0.4, 0.5) is 10.6 Å². The number of aromatic nitrogens is 1. The molecule has 1 aromatic rings. The molecule has 3 N–H and O–H groups in total. The summed E-state index contributed by atoms with van der Waals surface area (Å²) in [6, 6.07) is 3.71. The van der Waals surface area contributed by atoms with Crippen LogP contribution in [0.25, 0.3) is 0 Å². The first-order valence-corrected chi connectivity index (χ1v) is 6.04. The second kappa shape index (κ2) is 6.23. The maximum absolute atomic E-state index is 11.4. The average Bonchev–Trinajstić information content (AvgIpc) is 2.24. The zero-order valence-electron chi connectivity index (χ0n) is 11.2. The van der Waals surface area contributed by atoms with Gasteiger partial charge in [-0.3, -0.25) is 0 Å². The fourth-order valence-corrected chi connectivity index (χ4v) is 1.38. The number of aryl methyl sites for hydroxylation is 1. The van der Waals surface area contributed by atoms with Crippen LogP contribution < -0.4 is 11.1 Å². The molecule has 1 rings (SSSR count). The van der Waals surface area contributed by atoms with Gasteiger partial charge in [-0.2, -0.15) is 0 Å². The van der Waals surface area contributed by atoms with Crippen LogP contribution in [0.1, 0.15) is 32.8 Å². The monoisotopic (exact) mass is 251 g/mol. The van der Waals surface area contributed by atoms with Crippen molar-refractivity contribution < 1.29 is 9.53 Å². The number of hydrogen-bond donors (Lipinski definition) is 2. The second-order valence-electron chi connectivity index (χ2n) is 5.12. The van der Waals surface area contributed by atoms with Crippen molar-refractivity contribution in [3.05, 3.63) is 23.9 Å². The van der Waals surface area contributed by atoms with E-state index in [1.165, 1.54) is 0 Å². The number of carbonyl (C=O) groups is 1. The Morgan fingerprint density at radius 3 is 2.72 bits per heavy atom. The molecule has 0 aromatic carbocycles. The van der Waals surface area contributed by atoms with Gasteiger partial charge in [0.1, 0.15) is 11.4 Å². The Bertz CT molecular complexity index is 382. The highest BCUT2D eigenvalue weighted by atomic mass is 16.6. The predicted octanol–water partition coefficient (Wildman–Crippen LogP) is 2.12. The Balaban J connectivity index is 2.19. The van der Waals surface area contributed by atoms with Crippen molar-refractivity contribution >= 4 is 11.9 Å². The van der Waals surface area contributed by atoms with E-state index in [9.17, 15) is 4.79 Å². The molecule has 0 atom stereocenters. The predicted molar refractivity (Wildman–Crippen MR) is 71.2 cm³/mol. The first-order chi connectivity index (χ1) is 8.37. The van der Waals surface area contributed by atoms with Crippen molar-refractivity contribution in [3.63, 3.8) is 0 Å². The average molecular weight is 251 g/mol. The van der Waals surface area contributed by atoms with Gasteiger partial charge in [0.15, 0.2) is 0 Å². The molecular formula is C13H21N3O2. The molecular weight excluding hydrogens is 230 g/mol. The van der Waals surface area contributed by atoms with E-state index in [-0.39, 0.29) is 6.09 Å². The number of alkyl carbamates (subject to hydrolysis) is 1. The summed E-state index contributed by atoms with van der Waals surface area (Å²) in [5.74, 6) is 0.519. The number of carbonyl (C=O) groups excluding carboxylic acids is 1. The molecule has 1 aromatic heterocycles. The Morgan fingerprint density at radius 2 is 2.17 bits per heavy atom. The molecule has 0 spiro atoms. The Kier molecular flexibility index (Phi) is 4.95. The fourth-order valence-electron chi connectivity index (χ4n) is 1.38. The van der Waals surface area contributed by atoms with Crippen molar-refractivity contribution in [3.8, 4) is 0 Å². The van der Waals surface area contributed by atoms with E-state index in [0.29, 0.717) is 12.4 Å². The summed E-state index contributed by atoms with van der Waals surface area (Å²) < 4.78 is 5.13. The van der Waals surface area contributed by atoms with Crippen LogP contribution in [-0.4, -0.2) is 23.2 Å². The van der Waals surface area contributed by atoms with E-state index in [0.717, 1.165) is 18.4 Å². The maximum Gasteiger partial charge on any atom is 0.407 e. The lowest BCUT2D eigenvalue weighted by Gasteiger charge is -2.19. The van der Waals surface area contributed by atoms with Crippen molar-refractivity contribution in [2.45, 2.75) is 39.2 Å². The summed E-state index contributed by atoms with van der Waals surface area (Å²) in [7, 11) is 0. The minimum absolute atomic E-state index is 0.377. The van der Waals surface area contributed by atoms with Gasteiger partial charge in [0, 0.05) is 12.7 Å². The smallest absolute Gasteiger partial charge is 0.407 e. The van der Waals surface area contributed by atoms with Crippen LogP contribution >= 0.6 is 0 Å². The van der Waals surface area contributed by atoms with E-state index < -0.39 is 5.60 Å². The minimum Gasteiger partial charge on any atom is -0.444 e. The van der Waals surface area contributed by atoms with Gasteiger partial charge in [0.05, 0.1) is 0 Å². The SMILES string of the molecule is CC(C)(C)OC(=O)NCCCc1ccc(N)nc1. The van der Waals surface area contributed by atoms with Crippen LogP contribution in [0.5, 0.6) is 0 Å². The van der Waals surface area contributed by atoms with Gasteiger partial charge in [0.2, 0.25) is 0 Å². The van der Waals surface area contributed by atoms with Gasteiger partial charge in [-0.05, 0) is 45.2 Å². The zero-order chi connectivity index (χ0) is 13.6. The molecule has 0 aliphatic rings. The van der Waals surface area contributed by atoms with Crippen LogP contribution in [0.3, 0.4) is 0 Å². The molecule has 0 bridgehead atoms. The lowest BCUT2D eigenvalue weighted by molar-refractivity contribution is 0.0527. The van der Waals surface area contributed by atoms with Gasteiger partial charge in [0.25, 0.3) is 0 Å². The highest BCUT2D eigenvalue weighted by molar-refractivity contribution is 5.67. The highest BCUT2D eigenvalue weighted by Crippen LogP contribution is 2.07. The molecule has 5 nitrogen and oxygen atoms in total. The lowest BCUT2D eigenvalue weighted by atomic mass is 10.1. The van der Waals surface area contributed by atoms with Gasteiger partial charge >= 0.3 is 6.09 Å². The van der Waals surface area contributed by atoms with Crippen molar-refractivity contribution in [2.24, 2.45) is 0 Å². The number of nitrogens with one attached hydrogen (secondary N) is 1. The Hall–Kier alpha value is -1.78. The van der Waals surface area contributed by atoms with Crippen LogP contribution in [-0.2, 0) is 11.2 Å². The number of pyridine rings is 1. The minimum atomic E-state index is -0.453. The zero-order valence-corrected chi connectivity index (χ0v) is 11.2. The van der Waals surface area contributed by atoms with Gasteiger partial charge in [-0.25, -0.2) is 9.78 Å². The van der Waals surface area contributed by atoms with Crippen LogP contribution in [0, 0.1) is 0 Å². The van der Waals surface area contributed by atoms with E-state index in [1.54, 1.807) is 12.3 Å². The summed E-state index contributed by atoms with van der Waals surface area (Å²) in [6.07, 6.45) is 3.06. The molecule has 0 saturated carbocycles. The molecule has 1 heterocycles. The first-order valence-electron chi connectivity index (χ1n) is 6.04. The molecule has 100 valence electrons. The number of ether oxygens (including phenoxy) is 1. The number of hydrogen-bond acceptors (Lipinski definition) is 4. The summed E-state index contributed by atoms with van der Waals surface area (Å²) in [5, 5.41) is 2.71. The summed E-state index contributed by atoms with van der Waals surface area (Å²) in [5.41, 5.74) is 6.15. The number of nitrogens with two attached hydrogens (primary N) is 1. The van der Waals surface area contributed by atoms with E-state index in [2.05, 4.69) is 10.3 Å². The van der Waals surface area contributed by atoms with E-state index in [4.69, 9.17) is 10.5 Å². The fraction of sp³-hybridized carbons (Fsp3) is 0.538. The number of amides is 1. The third-order valence-electron chi connectivity index (χ3n) is 2.16. The van der Waals surface area contributed by atoms with E-state index >= 15 is 0 Å². The Morgan fingerprint density at radius 1 is 1.44 bits per heavy atom. The third kappa shape index (κ3) is 6.08. The summed E-state index contributed by atoms with van der Waals surface area (Å²) in [6.45, 7) is 6.10. The number of rotatable bonds is 4. The standard InChI is InChI=1S/C13H21N3O2/c1-13(2,3)18-12(17)15-8-4-5-10-6-7-11(14)16-9-10/h6-7,9H,4-5,8H2,1-3H3,(H2,14,16)(H,15,17). The molecule has 1 amide bonds. The number of anilines is 1.